The van der Waals surface area contributed by atoms with Crippen molar-refractivity contribution in [1.82, 2.24) is 10.2 Å². The van der Waals surface area contributed by atoms with Crippen LogP contribution in [0.3, 0.4) is 0 Å². The van der Waals surface area contributed by atoms with Crippen molar-refractivity contribution in [3.63, 3.8) is 0 Å². The van der Waals surface area contributed by atoms with Crippen molar-refractivity contribution < 1.29 is 4.74 Å². The minimum atomic E-state index is 0.494. The van der Waals surface area contributed by atoms with Gasteiger partial charge < -0.3 is 10.1 Å². The molecular weight excluding hydrogens is 212 g/mol. The molecule has 0 radical (unpaired) electrons. The maximum atomic E-state index is 5.73. The van der Waals surface area contributed by atoms with Gasteiger partial charge in [-0.1, -0.05) is 6.92 Å². The molecule has 3 heteroatoms. The normalized spacial score (nSPS) is 26.6. The Morgan fingerprint density at radius 3 is 2.76 bits per heavy atom. The molecule has 1 saturated carbocycles. The van der Waals surface area contributed by atoms with Crippen LogP contribution in [0.1, 0.15) is 46.0 Å². The minimum Gasteiger partial charge on any atom is -0.377 e. The SMILES string of the molecule is CCN(CC1CCCO1)C(C)CCNC1CC1. The number of hydrogen-bond acceptors (Lipinski definition) is 3. The van der Waals surface area contributed by atoms with Crippen LogP contribution < -0.4 is 5.32 Å². The van der Waals surface area contributed by atoms with E-state index in [-0.39, 0.29) is 0 Å². The van der Waals surface area contributed by atoms with Crippen LogP contribution in [-0.2, 0) is 4.74 Å². The standard InChI is InChI=1S/C14H28N2O/c1-3-16(11-14-5-4-10-17-14)12(2)8-9-15-13-6-7-13/h12-15H,3-11H2,1-2H3. The monoisotopic (exact) mass is 240 g/mol. The van der Waals surface area contributed by atoms with Crippen LogP contribution in [0, 0.1) is 0 Å². The summed E-state index contributed by atoms with van der Waals surface area (Å²) in [5.74, 6) is 0. The van der Waals surface area contributed by atoms with Crippen molar-refractivity contribution in [3.05, 3.63) is 0 Å². The van der Waals surface area contributed by atoms with Crippen molar-refractivity contribution in [2.45, 2.75) is 64.1 Å². The van der Waals surface area contributed by atoms with Crippen LogP contribution in [0.4, 0.5) is 0 Å². The van der Waals surface area contributed by atoms with E-state index in [0.717, 1.165) is 25.7 Å². The molecule has 2 fully saturated rings. The molecule has 1 aliphatic carbocycles. The van der Waals surface area contributed by atoms with Crippen molar-refractivity contribution in [2.75, 3.05) is 26.2 Å². The van der Waals surface area contributed by atoms with Gasteiger partial charge in [0.05, 0.1) is 6.10 Å². The summed E-state index contributed by atoms with van der Waals surface area (Å²) in [5, 5.41) is 3.60. The summed E-state index contributed by atoms with van der Waals surface area (Å²) in [6, 6.07) is 1.52. The highest BCUT2D eigenvalue weighted by Crippen LogP contribution is 2.19. The zero-order valence-electron chi connectivity index (χ0n) is 11.5. The molecule has 0 spiro atoms. The largest absolute Gasteiger partial charge is 0.377 e. The predicted octanol–water partition coefficient (Wildman–Crippen LogP) is 2.02. The average Bonchev–Trinajstić information content (AvgIpc) is 3.01. The van der Waals surface area contributed by atoms with Crippen LogP contribution >= 0.6 is 0 Å². The first-order valence-corrected chi connectivity index (χ1v) is 7.38. The Morgan fingerprint density at radius 2 is 2.18 bits per heavy atom. The number of nitrogens with one attached hydrogen (secondary N) is 1. The molecular formula is C14H28N2O. The number of rotatable bonds is 8. The lowest BCUT2D eigenvalue weighted by atomic mass is 10.1. The van der Waals surface area contributed by atoms with E-state index < -0.39 is 0 Å². The van der Waals surface area contributed by atoms with Crippen molar-refractivity contribution >= 4 is 0 Å². The fourth-order valence-corrected chi connectivity index (χ4v) is 2.64. The second-order valence-electron chi connectivity index (χ2n) is 5.59. The topological polar surface area (TPSA) is 24.5 Å². The van der Waals surface area contributed by atoms with Crippen LogP contribution in [0.15, 0.2) is 0 Å². The van der Waals surface area contributed by atoms with E-state index in [9.17, 15) is 0 Å². The molecule has 1 N–H and O–H groups in total. The Kier molecular flexibility index (Phi) is 5.26. The van der Waals surface area contributed by atoms with E-state index >= 15 is 0 Å². The Morgan fingerprint density at radius 1 is 1.35 bits per heavy atom. The highest BCUT2D eigenvalue weighted by molar-refractivity contribution is 4.81. The summed E-state index contributed by atoms with van der Waals surface area (Å²) in [6.07, 6.45) is 7.04. The van der Waals surface area contributed by atoms with Gasteiger partial charge >= 0.3 is 0 Å². The first kappa shape index (κ1) is 13.3. The lowest BCUT2D eigenvalue weighted by molar-refractivity contribution is 0.0605. The molecule has 1 saturated heterocycles. The number of hydrogen-bond donors (Lipinski definition) is 1. The molecule has 0 aromatic heterocycles. The zero-order chi connectivity index (χ0) is 12.1. The minimum absolute atomic E-state index is 0.494. The molecule has 17 heavy (non-hydrogen) atoms. The Balaban J connectivity index is 1.63. The van der Waals surface area contributed by atoms with Crippen molar-refractivity contribution in [3.8, 4) is 0 Å². The van der Waals surface area contributed by atoms with E-state index in [1.165, 1.54) is 38.6 Å². The maximum Gasteiger partial charge on any atom is 0.0702 e. The second-order valence-corrected chi connectivity index (χ2v) is 5.59. The van der Waals surface area contributed by atoms with Gasteiger partial charge in [0.25, 0.3) is 0 Å². The Labute approximate surface area is 106 Å². The quantitative estimate of drug-likeness (QED) is 0.702. The molecule has 1 heterocycles. The van der Waals surface area contributed by atoms with Gasteiger partial charge in [-0.15, -0.1) is 0 Å². The molecule has 2 unspecified atom stereocenters. The van der Waals surface area contributed by atoms with E-state index in [2.05, 4.69) is 24.1 Å². The molecule has 0 bridgehead atoms. The van der Waals surface area contributed by atoms with Crippen molar-refractivity contribution in [2.24, 2.45) is 0 Å². The van der Waals surface area contributed by atoms with Gasteiger partial charge in [0, 0.05) is 25.2 Å². The predicted molar refractivity (Wildman–Crippen MR) is 71.3 cm³/mol. The summed E-state index contributed by atoms with van der Waals surface area (Å²) >= 11 is 0. The van der Waals surface area contributed by atoms with E-state index in [0.29, 0.717) is 12.1 Å². The summed E-state index contributed by atoms with van der Waals surface area (Å²) in [7, 11) is 0. The van der Waals surface area contributed by atoms with Crippen LogP contribution in [0.2, 0.25) is 0 Å². The van der Waals surface area contributed by atoms with Gasteiger partial charge in [-0.05, 0) is 52.1 Å². The molecule has 2 aliphatic rings. The Hall–Kier alpha value is -0.120. The van der Waals surface area contributed by atoms with E-state index in [1.54, 1.807) is 0 Å². The van der Waals surface area contributed by atoms with Crippen LogP contribution in [-0.4, -0.2) is 49.3 Å². The molecule has 3 nitrogen and oxygen atoms in total. The van der Waals surface area contributed by atoms with E-state index in [4.69, 9.17) is 4.74 Å². The number of likely N-dealkylation sites (N-methyl/N-ethyl adjacent to an activating group) is 1. The van der Waals surface area contributed by atoms with Gasteiger partial charge in [0.2, 0.25) is 0 Å². The van der Waals surface area contributed by atoms with Gasteiger partial charge in [-0.2, -0.15) is 0 Å². The smallest absolute Gasteiger partial charge is 0.0702 e. The van der Waals surface area contributed by atoms with Gasteiger partial charge in [0.1, 0.15) is 0 Å². The molecule has 2 rings (SSSR count). The van der Waals surface area contributed by atoms with Gasteiger partial charge in [-0.25, -0.2) is 0 Å². The average molecular weight is 240 g/mol. The summed E-state index contributed by atoms with van der Waals surface area (Å²) in [6.45, 7) is 9.03. The number of ether oxygens (including phenoxy) is 1. The molecule has 0 amide bonds. The molecule has 0 aromatic carbocycles. The summed E-state index contributed by atoms with van der Waals surface area (Å²) < 4.78 is 5.73. The first-order chi connectivity index (χ1) is 8.29. The molecule has 2 atom stereocenters. The maximum absolute atomic E-state index is 5.73. The van der Waals surface area contributed by atoms with Gasteiger partial charge in [-0.3, -0.25) is 4.90 Å². The lowest BCUT2D eigenvalue weighted by Crippen LogP contribution is -2.40. The molecule has 0 aromatic rings. The van der Waals surface area contributed by atoms with Gasteiger partial charge in [0.15, 0.2) is 0 Å². The van der Waals surface area contributed by atoms with Crippen LogP contribution in [0.25, 0.3) is 0 Å². The second kappa shape index (κ2) is 6.72. The third-order valence-corrected chi connectivity index (χ3v) is 4.06. The summed E-state index contributed by atoms with van der Waals surface area (Å²) in [5.41, 5.74) is 0. The molecule has 100 valence electrons. The third-order valence-electron chi connectivity index (χ3n) is 4.06. The first-order valence-electron chi connectivity index (χ1n) is 7.38. The van der Waals surface area contributed by atoms with Crippen LogP contribution in [0.5, 0.6) is 0 Å². The summed E-state index contributed by atoms with van der Waals surface area (Å²) in [4.78, 5) is 2.57. The Bertz CT molecular complexity index is 212. The highest BCUT2D eigenvalue weighted by atomic mass is 16.5. The molecule has 1 aliphatic heterocycles. The lowest BCUT2D eigenvalue weighted by Gasteiger charge is -2.30. The van der Waals surface area contributed by atoms with E-state index in [1.807, 2.05) is 0 Å². The number of nitrogens with zero attached hydrogens (tertiary/aromatic N) is 1. The fraction of sp³-hybridized carbons (Fsp3) is 1.00. The third kappa shape index (κ3) is 4.57. The highest BCUT2D eigenvalue weighted by Gasteiger charge is 2.23. The zero-order valence-corrected chi connectivity index (χ0v) is 11.5. The fourth-order valence-electron chi connectivity index (χ4n) is 2.64. The van der Waals surface area contributed by atoms with Crippen molar-refractivity contribution in [1.29, 1.82) is 0 Å².